The van der Waals surface area contributed by atoms with E-state index in [0.717, 1.165) is 10.4 Å². The number of nitrogens with one attached hydrogen (secondary N) is 1. The molecule has 0 aliphatic carbocycles. The van der Waals surface area contributed by atoms with Crippen molar-refractivity contribution in [3.8, 4) is 0 Å². The van der Waals surface area contributed by atoms with Gasteiger partial charge in [-0.2, -0.15) is 16.9 Å². The van der Waals surface area contributed by atoms with Gasteiger partial charge in [-0.25, -0.2) is 0 Å². The zero-order valence-corrected chi connectivity index (χ0v) is 13.0. The van der Waals surface area contributed by atoms with Gasteiger partial charge in [0.1, 0.15) is 0 Å². The molecule has 1 fully saturated rings. The summed E-state index contributed by atoms with van der Waals surface area (Å²) >= 11 is 5.70. The molecule has 0 aromatic carbocycles. The van der Waals surface area contributed by atoms with Crippen LogP contribution in [0.4, 0.5) is 0 Å². The monoisotopic (exact) mass is 317 g/mol. The van der Waals surface area contributed by atoms with Gasteiger partial charge in [-0.15, -0.1) is 0 Å². The van der Waals surface area contributed by atoms with E-state index in [1.807, 2.05) is 6.20 Å². The van der Waals surface area contributed by atoms with E-state index in [-0.39, 0.29) is 0 Å². The maximum absolute atomic E-state index is 4.48. The molecular formula is C12H20BrN3S. The van der Waals surface area contributed by atoms with Crippen LogP contribution in [0, 0.1) is 5.92 Å². The number of aromatic nitrogens is 2. The van der Waals surface area contributed by atoms with Crippen molar-refractivity contribution in [2.45, 2.75) is 32.4 Å². The van der Waals surface area contributed by atoms with Crippen molar-refractivity contribution in [3.63, 3.8) is 0 Å². The minimum Gasteiger partial charge on any atom is -0.311 e. The summed E-state index contributed by atoms with van der Waals surface area (Å²) in [5.41, 5.74) is 1.30. The summed E-state index contributed by atoms with van der Waals surface area (Å²) in [7, 11) is 2.05. The molecule has 2 unspecified atom stereocenters. The van der Waals surface area contributed by atoms with E-state index in [4.69, 9.17) is 0 Å². The lowest BCUT2D eigenvalue weighted by Gasteiger charge is -2.25. The van der Waals surface area contributed by atoms with Crippen molar-refractivity contribution >= 4 is 27.7 Å². The van der Waals surface area contributed by atoms with Crippen molar-refractivity contribution in [2.75, 3.05) is 18.6 Å². The molecular weight excluding hydrogens is 298 g/mol. The van der Waals surface area contributed by atoms with E-state index >= 15 is 0 Å². The Morgan fingerprint density at radius 3 is 2.88 bits per heavy atom. The highest BCUT2D eigenvalue weighted by atomic mass is 79.9. The first-order valence-electron chi connectivity index (χ1n) is 6.13. The summed E-state index contributed by atoms with van der Waals surface area (Å²) in [4.78, 5) is 0. The minimum atomic E-state index is 0.404. The third-order valence-corrected chi connectivity index (χ3v) is 5.12. The Balaban J connectivity index is 2.32. The summed E-state index contributed by atoms with van der Waals surface area (Å²) in [5, 5.41) is 7.96. The molecule has 1 aromatic heterocycles. The Kier molecular flexibility index (Phi) is 4.55. The first-order chi connectivity index (χ1) is 8.15. The second-order valence-electron chi connectivity index (χ2n) is 4.81. The maximum Gasteiger partial charge on any atom is 0.0701 e. The van der Waals surface area contributed by atoms with Crippen molar-refractivity contribution in [1.82, 2.24) is 15.1 Å². The van der Waals surface area contributed by atoms with Gasteiger partial charge in [0.15, 0.2) is 0 Å². The first-order valence-corrected chi connectivity index (χ1v) is 8.07. The molecule has 0 saturated carbocycles. The van der Waals surface area contributed by atoms with Crippen LogP contribution in [-0.2, 0) is 0 Å². The zero-order valence-electron chi connectivity index (χ0n) is 10.6. The largest absolute Gasteiger partial charge is 0.311 e. The summed E-state index contributed by atoms with van der Waals surface area (Å²) in [5.74, 6) is 3.26. The highest BCUT2D eigenvalue weighted by Crippen LogP contribution is 2.37. The predicted octanol–water partition coefficient (Wildman–Crippen LogP) is 3.24. The van der Waals surface area contributed by atoms with Crippen molar-refractivity contribution in [2.24, 2.45) is 5.92 Å². The molecule has 0 radical (unpaired) electrons. The molecule has 1 aliphatic heterocycles. The van der Waals surface area contributed by atoms with Crippen molar-refractivity contribution in [3.05, 3.63) is 16.4 Å². The van der Waals surface area contributed by atoms with Gasteiger partial charge in [0, 0.05) is 6.04 Å². The van der Waals surface area contributed by atoms with Crippen LogP contribution in [0.2, 0.25) is 0 Å². The van der Waals surface area contributed by atoms with Gasteiger partial charge < -0.3 is 5.32 Å². The number of thioether (sulfide) groups is 1. The summed E-state index contributed by atoms with van der Waals surface area (Å²) in [6, 6.07) is 0.811. The second kappa shape index (κ2) is 5.76. The van der Waals surface area contributed by atoms with Crippen molar-refractivity contribution in [1.29, 1.82) is 0 Å². The molecule has 1 saturated heterocycles. The normalized spacial score (nSPS) is 22.3. The summed E-state index contributed by atoms with van der Waals surface area (Å²) in [6.45, 7) is 4.36. The van der Waals surface area contributed by atoms with E-state index in [9.17, 15) is 0 Å². The fraction of sp³-hybridized carbons (Fsp3) is 0.750. The van der Waals surface area contributed by atoms with Crippen LogP contribution in [0.3, 0.4) is 0 Å². The standard InChI is InChI=1S/C12H20BrN3S/c1-8(2)16-12(10(13)6-15-16)11(14-3)9-4-5-17-7-9/h6,8-9,11,14H,4-5,7H2,1-3H3. The van der Waals surface area contributed by atoms with Crippen LogP contribution in [0.5, 0.6) is 0 Å². The highest BCUT2D eigenvalue weighted by Gasteiger charge is 2.30. The molecule has 2 rings (SSSR count). The van der Waals surface area contributed by atoms with Crippen LogP contribution in [0.1, 0.15) is 38.0 Å². The lowest BCUT2D eigenvalue weighted by Crippen LogP contribution is -2.28. The van der Waals surface area contributed by atoms with E-state index in [1.54, 1.807) is 0 Å². The van der Waals surface area contributed by atoms with E-state index < -0.39 is 0 Å². The Labute approximate surface area is 116 Å². The van der Waals surface area contributed by atoms with Gasteiger partial charge in [0.2, 0.25) is 0 Å². The quantitative estimate of drug-likeness (QED) is 0.924. The zero-order chi connectivity index (χ0) is 12.4. The second-order valence-corrected chi connectivity index (χ2v) is 6.81. The van der Waals surface area contributed by atoms with Gasteiger partial charge in [-0.3, -0.25) is 4.68 Å². The molecule has 5 heteroatoms. The summed E-state index contributed by atoms with van der Waals surface area (Å²) in [6.07, 6.45) is 3.22. The van der Waals surface area contributed by atoms with Crippen molar-refractivity contribution < 1.29 is 0 Å². The number of halogens is 1. The fourth-order valence-electron chi connectivity index (χ4n) is 2.46. The van der Waals surface area contributed by atoms with Crippen LogP contribution in [0.25, 0.3) is 0 Å². The van der Waals surface area contributed by atoms with Gasteiger partial charge in [0.25, 0.3) is 0 Å². The van der Waals surface area contributed by atoms with Gasteiger partial charge in [-0.1, -0.05) is 0 Å². The Morgan fingerprint density at radius 1 is 1.59 bits per heavy atom. The van der Waals surface area contributed by atoms with Crippen LogP contribution in [-0.4, -0.2) is 28.3 Å². The van der Waals surface area contributed by atoms with Gasteiger partial charge >= 0.3 is 0 Å². The Morgan fingerprint density at radius 2 is 2.35 bits per heavy atom. The minimum absolute atomic E-state index is 0.404. The smallest absolute Gasteiger partial charge is 0.0701 e. The average molecular weight is 318 g/mol. The SMILES string of the molecule is CNC(c1c(Br)cnn1C(C)C)C1CCSC1. The molecule has 96 valence electrons. The fourth-order valence-corrected chi connectivity index (χ4v) is 4.28. The number of rotatable bonds is 4. The molecule has 1 aromatic rings. The molecule has 17 heavy (non-hydrogen) atoms. The molecule has 2 heterocycles. The molecule has 0 amide bonds. The molecule has 3 nitrogen and oxygen atoms in total. The van der Waals surface area contributed by atoms with Gasteiger partial charge in [0.05, 0.1) is 22.4 Å². The van der Waals surface area contributed by atoms with Crippen LogP contribution in [0.15, 0.2) is 10.7 Å². The Bertz CT molecular complexity index is 372. The first kappa shape index (κ1) is 13.4. The number of hydrogen-bond acceptors (Lipinski definition) is 3. The lowest BCUT2D eigenvalue weighted by molar-refractivity contribution is 0.375. The van der Waals surface area contributed by atoms with E-state index in [2.05, 4.69) is 63.7 Å². The maximum atomic E-state index is 4.48. The average Bonchev–Trinajstić information content (AvgIpc) is 2.91. The molecule has 0 bridgehead atoms. The van der Waals surface area contributed by atoms with E-state index in [0.29, 0.717) is 12.1 Å². The third-order valence-electron chi connectivity index (χ3n) is 3.32. The van der Waals surface area contributed by atoms with E-state index in [1.165, 1.54) is 23.6 Å². The molecule has 1 N–H and O–H groups in total. The van der Waals surface area contributed by atoms with Crippen LogP contribution >= 0.6 is 27.7 Å². The van der Waals surface area contributed by atoms with Crippen LogP contribution < -0.4 is 5.32 Å². The molecule has 1 aliphatic rings. The highest BCUT2D eigenvalue weighted by molar-refractivity contribution is 9.10. The number of hydrogen-bond donors (Lipinski definition) is 1. The predicted molar refractivity (Wildman–Crippen MR) is 77.5 cm³/mol. The number of nitrogens with zero attached hydrogens (tertiary/aromatic N) is 2. The lowest BCUT2D eigenvalue weighted by atomic mass is 9.96. The molecule has 2 atom stereocenters. The summed E-state index contributed by atoms with van der Waals surface area (Å²) < 4.78 is 3.26. The third kappa shape index (κ3) is 2.71. The topological polar surface area (TPSA) is 29.9 Å². The molecule has 0 spiro atoms. The Hall–Kier alpha value is -0.000000000000000111. The van der Waals surface area contributed by atoms with Gasteiger partial charge in [-0.05, 0) is 60.7 Å².